The van der Waals surface area contributed by atoms with Crippen LogP contribution in [-0.4, -0.2) is 35.0 Å². The number of fused-ring (bicyclic) bond motifs is 1. The highest BCUT2D eigenvalue weighted by Crippen LogP contribution is 2.37. The lowest BCUT2D eigenvalue weighted by Crippen LogP contribution is -2.19. The van der Waals surface area contributed by atoms with E-state index < -0.39 is 0 Å². The number of aromatic amines is 1. The quantitative estimate of drug-likeness (QED) is 0.516. The average molecular weight is 410 g/mol. The minimum Gasteiger partial charge on any atom is -0.492 e. The fraction of sp³-hybridized carbons (Fsp3) is 0.318. The fourth-order valence-corrected chi connectivity index (χ4v) is 2.85. The van der Waals surface area contributed by atoms with Crippen molar-refractivity contribution in [2.75, 3.05) is 23.8 Å². The number of nitrogens with one attached hydrogen (secondary N) is 3. The molecule has 3 rings (SSSR count). The standard InChI is InChI=1S/C22H26N4O4/c1-5-29-19-11-18(20(30-6-2)10-17(19)25-21(27)13(3)4)26-22(28)14-7-8-15-16(9-14)24-12-23-15/h7-13H,5-6H2,1-4H3,(H,23,24)(H,25,27)(H,26,28). The van der Waals surface area contributed by atoms with Crippen LogP contribution in [0.5, 0.6) is 11.5 Å². The molecular formula is C22H26N4O4. The van der Waals surface area contributed by atoms with Crippen LogP contribution in [0.1, 0.15) is 38.1 Å². The molecule has 0 unspecified atom stereocenters. The van der Waals surface area contributed by atoms with Gasteiger partial charge in [-0.1, -0.05) is 13.8 Å². The van der Waals surface area contributed by atoms with Crippen LogP contribution in [0.3, 0.4) is 0 Å². The van der Waals surface area contributed by atoms with Gasteiger partial charge in [0.1, 0.15) is 11.5 Å². The van der Waals surface area contributed by atoms with Gasteiger partial charge >= 0.3 is 0 Å². The number of anilines is 2. The molecule has 30 heavy (non-hydrogen) atoms. The third-order valence-corrected chi connectivity index (χ3v) is 4.39. The van der Waals surface area contributed by atoms with E-state index in [1.54, 1.807) is 36.7 Å². The number of hydrogen-bond donors (Lipinski definition) is 3. The van der Waals surface area contributed by atoms with Crippen molar-refractivity contribution >= 4 is 34.2 Å². The van der Waals surface area contributed by atoms with Crippen molar-refractivity contribution in [3.63, 3.8) is 0 Å². The maximum absolute atomic E-state index is 12.8. The zero-order valence-electron chi connectivity index (χ0n) is 17.5. The Morgan fingerprint density at radius 3 is 2.23 bits per heavy atom. The van der Waals surface area contributed by atoms with Gasteiger partial charge in [0.25, 0.3) is 5.91 Å². The number of hydrogen-bond acceptors (Lipinski definition) is 5. The fourth-order valence-electron chi connectivity index (χ4n) is 2.85. The first kappa shape index (κ1) is 21.2. The number of aromatic nitrogens is 2. The van der Waals surface area contributed by atoms with Gasteiger partial charge < -0.3 is 25.1 Å². The lowest BCUT2D eigenvalue weighted by Gasteiger charge is -2.18. The van der Waals surface area contributed by atoms with Crippen molar-refractivity contribution < 1.29 is 19.1 Å². The molecular weight excluding hydrogens is 384 g/mol. The van der Waals surface area contributed by atoms with Crippen LogP contribution < -0.4 is 20.1 Å². The van der Waals surface area contributed by atoms with Crippen LogP contribution in [0.15, 0.2) is 36.7 Å². The second-order valence-corrected chi connectivity index (χ2v) is 6.94. The molecule has 0 spiro atoms. The summed E-state index contributed by atoms with van der Waals surface area (Å²) in [6.07, 6.45) is 1.58. The summed E-state index contributed by atoms with van der Waals surface area (Å²) in [4.78, 5) is 32.2. The molecule has 0 aliphatic heterocycles. The number of imidazole rings is 1. The molecule has 0 saturated carbocycles. The topological polar surface area (TPSA) is 105 Å². The smallest absolute Gasteiger partial charge is 0.255 e. The number of carbonyl (C=O) groups is 2. The van der Waals surface area contributed by atoms with Gasteiger partial charge in [0, 0.05) is 23.6 Å². The molecule has 1 aromatic heterocycles. The van der Waals surface area contributed by atoms with E-state index in [0.717, 1.165) is 11.0 Å². The SMILES string of the molecule is CCOc1cc(NC(=O)C(C)C)c(OCC)cc1NC(=O)c1ccc2nc[nH]c2c1. The van der Waals surface area contributed by atoms with Gasteiger partial charge in [0.05, 0.1) is 41.9 Å². The van der Waals surface area contributed by atoms with E-state index in [0.29, 0.717) is 41.7 Å². The van der Waals surface area contributed by atoms with E-state index in [2.05, 4.69) is 20.6 Å². The highest BCUT2D eigenvalue weighted by atomic mass is 16.5. The summed E-state index contributed by atoms with van der Waals surface area (Å²) in [5, 5.41) is 5.73. The maximum atomic E-state index is 12.8. The first-order valence-electron chi connectivity index (χ1n) is 9.91. The van der Waals surface area contributed by atoms with Gasteiger partial charge in [-0.3, -0.25) is 9.59 Å². The van der Waals surface area contributed by atoms with Crippen LogP contribution in [0.2, 0.25) is 0 Å². The highest BCUT2D eigenvalue weighted by molar-refractivity contribution is 6.07. The van der Waals surface area contributed by atoms with Crippen molar-refractivity contribution in [3.05, 3.63) is 42.2 Å². The van der Waals surface area contributed by atoms with Gasteiger partial charge in [0.15, 0.2) is 0 Å². The Hall–Kier alpha value is -3.55. The number of rotatable bonds is 8. The minimum absolute atomic E-state index is 0.136. The van der Waals surface area contributed by atoms with Crippen molar-refractivity contribution in [1.29, 1.82) is 0 Å². The predicted octanol–water partition coefficient (Wildman–Crippen LogP) is 4.21. The molecule has 2 amide bonds. The number of ether oxygens (including phenoxy) is 2. The first-order chi connectivity index (χ1) is 14.4. The Morgan fingerprint density at radius 1 is 1.00 bits per heavy atom. The van der Waals surface area contributed by atoms with Crippen molar-refractivity contribution in [1.82, 2.24) is 9.97 Å². The molecule has 0 aliphatic rings. The van der Waals surface area contributed by atoms with Crippen molar-refractivity contribution in [3.8, 4) is 11.5 Å². The monoisotopic (exact) mass is 410 g/mol. The zero-order valence-corrected chi connectivity index (χ0v) is 17.5. The summed E-state index contributed by atoms with van der Waals surface area (Å²) in [5.74, 6) is 0.272. The molecule has 0 aliphatic carbocycles. The molecule has 0 radical (unpaired) electrons. The van der Waals surface area contributed by atoms with Crippen molar-refractivity contribution in [2.24, 2.45) is 5.92 Å². The van der Waals surface area contributed by atoms with E-state index >= 15 is 0 Å². The predicted molar refractivity (Wildman–Crippen MR) is 116 cm³/mol. The maximum Gasteiger partial charge on any atom is 0.255 e. The van der Waals surface area contributed by atoms with Crippen LogP contribution >= 0.6 is 0 Å². The van der Waals surface area contributed by atoms with E-state index in [9.17, 15) is 9.59 Å². The molecule has 158 valence electrons. The Kier molecular flexibility index (Phi) is 6.56. The molecule has 3 aromatic rings. The lowest BCUT2D eigenvalue weighted by molar-refractivity contribution is -0.118. The van der Waals surface area contributed by atoms with E-state index in [-0.39, 0.29) is 17.7 Å². The largest absolute Gasteiger partial charge is 0.492 e. The lowest BCUT2D eigenvalue weighted by atomic mass is 10.1. The first-order valence-corrected chi connectivity index (χ1v) is 9.91. The Labute approximate surface area is 175 Å². The van der Waals surface area contributed by atoms with Gasteiger partial charge in [-0.2, -0.15) is 0 Å². The van der Waals surface area contributed by atoms with Gasteiger partial charge in [-0.05, 0) is 32.0 Å². The van der Waals surface area contributed by atoms with E-state index in [1.165, 1.54) is 0 Å². The van der Waals surface area contributed by atoms with Gasteiger partial charge in [-0.25, -0.2) is 4.98 Å². The second-order valence-electron chi connectivity index (χ2n) is 6.94. The highest BCUT2D eigenvalue weighted by Gasteiger charge is 2.18. The van der Waals surface area contributed by atoms with Crippen LogP contribution in [0, 0.1) is 5.92 Å². The Bertz CT molecular complexity index is 1060. The van der Waals surface area contributed by atoms with Gasteiger partial charge in [-0.15, -0.1) is 0 Å². The minimum atomic E-state index is -0.297. The molecule has 0 atom stereocenters. The Morgan fingerprint density at radius 2 is 1.63 bits per heavy atom. The molecule has 8 nitrogen and oxygen atoms in total. The molecule has 0 saturated heterocycles. The normalized spacial score (nSPS) is 10.8. The molecule has 0 bridgehead atoms. The third-order valence-electron chi connectivity index (χ3n) is 4.39. The molecule has 3 N–H and O–H groups in total. The summed E-state index contributed by atoms with van der Waals surface area (Å²) in [7, 11) is 0. The summed E-state index contributed by atoms with van der Waals surface area (Å²) in [6, 6.07) is 8.55. The summed E-state index contributed by atoms with van der Waals surface area (Å²) < 4.78 is 11.4. The summed E-state index contributed by atoms with van der Waals surface area (Å²) >= 11 is 0. The number of benzene rings is 2. The van der Waals surface area contributed by atoms with E-state index in [4.69, 9.17) is 9.47 Å². The summed E-state index contributed by atoms with van der Waals surface area (Å²) in [6.45, 7) is 8.12. The third kappa shape index (κ3) is 4.71. The summed E-state index contributed by atoms with van der Waals surface area (Å²) in [5.41, 5.74) is 2.98. The number of nitrogens with zero attached hydrogens (tertiary/aromatic N) is 1. The van der Waals surface area contributed by atoms with Gasteiger partial charge in [0.2, 0.25) is 5.91 Å². The number of amides is 2. The second kappa shape index (κ2) is 9.30. The number of carbonyl (C=O) groups excluding carboxylic acids is 2. The Balaban J connectivity index is 1.93. The number of H-pyrrole nitrogens is 1. The molecule has 0 fully saturated rings. The van der Waals surface area contributed by atoms with E-state index in [1.807, 2.05) is 27.7 Å². The molecule has 2 aromatic carbocycles. The van der Waals surface area contributed by atoms with Crippen LogP contribution in [0.25, 0.3) is 11.0 Å². The van der Waals surface area contributed by atoms with Crippen LogP contribution in [-0.2, 0) is 4.79 Å². The average Bonchev–Trinajstić information content (AvgIpc) is 3.19. The molecule has 8 heteroatoms. The zero-order chi connectivity index (χ0) is 21.7. The van der Waals surface area contributed by atoms with Crippen LogP contribution in [0.4, 0.5) is 11.4 Å². The van der Waals surface area contributed by atoms with Crippen molar-refractivity contribution in [2.45, 2.75) is 27.7 Å². The molecule has 1 heterocycles.